The fraction of sp³-hybridized carbons (Fsp3) is 0.100. The normalized spacial score (nSPS) is 15.0. The maximum absolute atomic E-state index is 9.08. The number of anilines is 4. The predicted molar refractivity (Wildman–Crippen MR) is 138 cm³/mol. The fourth-order valence-electron chi connectivity index (χ4n) is 4.42. The molecule has 1 unspecified atom stereocenters. The van der Waals surface area contributed by atoms with Crippen molar-refractivity contribution < 1.29 is 0 Å². The molecule has 0 aromatic heterocycles. The van der Waals surface area contributed by atoms with Crippen molar-refractivity contribution in [2.45, 2.75) is 12.5 Å². The molecule has 0 radical (unpaired) electrons. The summed E-state index contributed by atoms with van der Waals surface area (Å²) in [6.07, 6.45) is 6.87. The second-order valence-electron chi connectivity index (χ2n) is 8.23. The Balaban J connectivity index is 1.51. The topological polar surface area (TPSA) is 30.3 Å². The zero-order chi connectivity index (χ0) is 22.6. The van der Waals surface area contributed by atoms with Gasteiger partial charge in [-0.1, -0.05) is 66.7 Å². The molecule has 4 aromatic carbocycles. The SMILES string of the molecule is CN(c1ccc(N(c2ccccc2)c2cccc3ccccc23)cc1)C1C=CC(C#N)=CC1. The van der Waals surface area contributed by atoms with Gasteiger partial charge in [-0.2, -0.15) is 5.26 Å². The second-order valence-corrected chi connectivity index (χ2v) is 8.23. The Morgan fingerprint density at radius 3 is 2.15 bits per heavy atom. The molecule has 33 heavy (non-hydrogen) atoms. The molecule has 0 spiro atoms. The lowest BCUT2D eigenvalue weighted by molar-refractivity contribution is 0.751. The van der Waals surface area contributed by atoms with Gasteiger partial charge in [0.2, 0.25) is 0 Å². The number of likely N-dealkylation sites (N-methyl/N-ethyl adjacent to an activating group) is 1. The van der Waals surface area contributed by atoms with Crippen LogP contribution < -0.4 is 9.80 Å². The average molecular weight is 428 g/mol. The molecule has 0 bridgehead atoms. The molecular weight excluding hydrogens is 402 g/mol. The van der Waals surface area contributed by atoms with Gasteiger partial charge < -0.3 is 9.80 Å². The third-order valence-electron chi connectivity index (χ3n) is 6.24. The molecule has 160 valence electrons. The number of allylic oxidation sites excluding steroid dienone is 2. The maximum atomic E-state index is 9.08. The van der Waals surface area contributed by atoms with Crippen LogP contribution in [-0.2, 0) is 0 Å². The van der Waals surface area contributed by atoms with Gasteiger partial charge in [-0.3, -0.25) is 0 Å². The van der Waals surface area contributed by atoms with Crippen LogP contribution in [0, 0.1) is 11.3 Å². The third kappa shape index (κ3) is 4.12. The van der Waals surface area contributed by atoms with Crippen molar-refractivity contribution >= 4 is 33.5 Å². The Bertz CT molecular complexity index is 1360. The van der Waals surface area contributed by atoms with E-state index in [0.29, 0.717) is 0 Å². The molecule has 5 rings (SSSR count). The molecule has 3 nitrogen and oxygen atoms in total. The van der Waals surface area contributed by atoms with Crippen LogP contribution in [0.4, 0.5) is 22.7 Å². The number of fused-ring (bicyclic) bond motifs is 1. The summed E-state index contributed by atoms with van der Waals surface area (Å²) in [7, 11) is 2.11. The van der Waals surface area contributed by atoms with Crippen molar-refractivity contribution in [2.24, 2.45) is 0 Å². The number of rotatable bonds is 5. The van der Waals surface area contributed by atoms with E-state index in [1.807, 2.05) is 18.2 Å². The third-order valence-corrected chi connectivity index (χ3v) is 6.24. The average Bonchev–Trinajstić information content (AvgIpc) is 2.90. The minimum Gasteiger partial charge on any atom is -0.368 e. The van der Waals surface area contributed by atoms with Crippen LogP contribution in [0.15, 0.2) is 121 Å². The Morgan fingerprint density at radius 1 is 0.758 bits per heavy atom. The highest BCUT2D eigenvalue weighted by Crippen LogP contribution is 2.39. The van der Waals surface area contributed by atoms with E-state index >= 15 is 0 Å². The van der Waals surface area contributed by atoms with Gasteiger partial charge in [0.25, 0.3) is 0 Å². The van der Waals surface area contributed by atoms with Crippen molar-refractivity contribution in [3.63, 3.8) is 0 Å². The molecule has 3 heteroatoms. The van der Waals surface area contributed by atoms with E-state index < -0.39 is 0 Å². The Morgan fingerprint density at radius 2 is 1.42 bits per heavy atom. The van der Waals surface area contributed by atoms with E-state index in [4.69, 9.17) is 5.26 Å². The largest absolute Gasteiger partial charge is 0.368 e. The van der Waals surface area contributed by atoms with Gasteiger partial charge in [0.15, 0.2) is 0 Å². The van der Waals surface area contributed by atoms with Crippen LogP contribution >= 0.6 is 0 Å². The Labute approximate surface area is 195 Å². The monoisotopic (exact) mass is 427 g/mol. The van der Waals surface area contributed by atoms with Crippen LogP contribution in [0.1, 0.15) is 6.42 Å². The predicted octanol–water partition coefficient (Wildman–Crippen LogP) is 7.52. The molecule has 1 aliphatic carbocycles. The second kappa shape index (κ2) is 9.06. The molecule has 1 aliphatic rings. The van der Waals surface area contributed by atoms with Crippen LogP contribution in [0.5, 0.6) is 0 Å². The van der Waals surface area contributed by atoms with E-state index in [1.165, 1.54) is 10.8 Å². The van der Waals surface area contributed by atoms with Crippen LogP contribution in [0.2, 0.25) is 0 Å². The minimum atomic E-state index is 0.247. The molecule has 1 atom stereocenters. The molecule has 0 aliphatic heterocycles. The van der Waals surface area contributed by atoms with Gasteiger partial charge in [-0.05, 0) is 60.3 Å². The number of nitrogens with zero attached hydrogens (tertiary/aromatic N) is 3. The molecule has 0 saturated carbocycles. The number of para-hydroxylation sites is 1. The quantitative estimate of drug-likeness (QED) is 0.330. The van der Waals surface area contributed by atoms with Crippen molar-refractivity contribution in [3.8, 4) is 6.07 Å². The van der Waals surface area contributed by atoms with Gasteiger partial charge in [0.05, 0.1) is 17.8 Å². The van der Waals surface area contributed by atoms with Crippen LogP contribution in [0.3, 0.4) is 0 Å². The van der Waals surface area contributed by atoms with E-state index in [-0.39, 0.29) is 6.04 Å². The molecule has 0 amide bonds. The van der Waals surface area contributed by atoms with Gasteiger partial charge in [-0.25, -0.2) is 0 Å². The Hall–Kier alpha value is -4.29. The zero-order valence-electron chi connectivity index (χ0n) is 18.6. The summed E-state index contributed by atoms with van der Waals surface area (Å²) in [6.45, 7) is 0. The van der Waals surface area contributed by atoms with Crippen LogP contribution in [0.25, 0.3) is 10.8 Å². The highest BCUT2D eigenvalue weighted by atomic mass is 15.2. The van der Waals surface area contributed by atoms with E-state index in [2.05, 4.69) is 120 Å². The summed E-state index contributed by atoms with van der Waals surface area (Å²) < 4.78 is 0. The number of hydrogen-bond acceptors (Lipinski definition) is 3. The summed E-state index contributed by atoms with van der Waals surface area (Å²) in [5.41, 5.74) is 5.28. The molecule has 0 saturated heterocycles. The molecule has 0 N–H and O–H groups in total. The van der Waals surface area contributed by atoms with Crippen molar-refractivity contribution in [1.82, 2.24) is 0 Å². The summed E-state index contributed by atoms with van der Waals surface area (Å²) in [6, 6.07) is 36.6. The number of hydrogen-bond donors (Lipinski definition) is 0. The highest BCUT2D eigenvalue weighted by molar-refractivity contribution is 5.98. The Kier molecular flexibility index (Phi) is 5.66. The summed E-state index contributed by atoms with van der Waals surface area (Å²) >= 11 is 0. The van der Waals surface area contributed by atoms with Gasteiger partial charge in [-0.15, -0.1) is 0 Å². The smallest absolute Gasteiger partial charge is 0.0988 e. The van der Waals surface area contributed by atoms with Crippen LogP contribution in [-0.4, -0.2) is 13.1 Å². The van der Waals surface area contributed by atoms with Gasteiger partial charge in [0.1, 0.15) is 0 Å². The van der Waals surface area contributed by atoms with Crippen molar-refractivity contribution in [3.05, 3.63) is 121 Å². The first-order valence-corrected chi connectivity index (χ1v) is 11.2. The first-order chi connectivity index (χ1) is 16.2. The maximum Gasteiger partial charge on any atom is 0.0988 e. The number of nitriles is 1. The zero-order valence-corrected chi connectivity index (χ0v) is 18.6. The fourth-order valence-corrected chi connectivity index (χ4v) is 4.42. The summed E-state index contributed by atoms with van der Waals surface area (Å²) in [5.74, 6) is 0. The highest BCUT2D eigenvalue weighted by Gasteiger charge is 2.17. The number of benzene rings is 4. The first-order valence-electron chi connectivity index (χ1n) is 11.2. The lowest BCUT2D eigenvalue weighted by Gasteiger charge is -2.30. The first kappa shape index (κ1) is 20.6. The minimum absolute atomic E-state index is 0.247. The lowest BCUT2D eigenvalue weighted by Crippen LogP contribution is -2.30. The molecule has 0 heterocycles. The lowest BCUT2D eigenvalue weighted by atomic mass is 10.0. The van der Waals surface area contributed by atoms with E-state index in [9.17, 15) is 0 Å². The molecular formula is C30H25N3. The van der Waals surface area contributed by atoms with Crippen molar-refractivity contribution in [1.29, 1.82) is 5.26 Å². The molecule has 0 fully saturated rings. The summed E-state index contributed by atoms with van der Waals surface area (Å²) in [5, 5.41) is 11.5. The van der Waals surface area contributed by atoms with Gasteiger partial charge >= 0.3 is 0 Å². The standard InChI is InChI=1S/C30H25N3/c1-32(25-16-14-23(22-31)15-17-25)26-18-20-28(21-19-26)33(27-10-3-2-4-11-27)30-13-7-9-24-8-5-6-12-29(24)30/h2-16,18-21,25H,17H2,1H3. The van der Waals surface area contributed by atoms with Crippen molar-refractivity contribution in [2.75, 3.05) is 16.8 Å². The summed E-state index contributed by atoms with van der Waals surface area (Å²) in [4.78, 5) is 4.57. The van der Waals surface area contributed by atoms with E-state index in [1.54, 1.807) is 0 Å². The van der Waals surface area contributed by atoms with E-state index in [0.717, 1.165) is 34.7 Å². The van der Waals surface area contributed by atoms with Gasteiger partial charge in [0, 0.05) is 35.1 Å². The molecule has 4 aromatic rings.